The molecule has 4 heteroatoms. The zero-order chi connectivity index (χ0) is 12.3. The molecule has 0 heterocycles. The van der Waals surface area contributed by atoms with Crippen molar-refractivity contribution in [1.29, 1.82) is 0 Å². The molecule has 2 rings (SSSR count). The van der Waals surface area contributed by atoms with Gasteiger partial charge in [0.1, 0.15) is 18.2 Å². The first-order valence-corrected chi connectivity index (χ1v) is 5.73. The standard InChI is InChI=1S/C13H9Cl2FO/c14-10-5-6-11(15)13(7-10)17-8-9-3-1-2-4-12(9)16/h1-7H,8H2. The number of hydrogen-bond acceptors (Lipinski definition) is 1. The van der Waals surface area contributed by atoms with Crippen molar-refractivity contribution in [3.8, 4) is 5.75 Å². The van der Waals surface area contributed by atoms with Crippen molar-refractivity contribution in [3.63, 3.8) is 0 Å². The first-order chi connectivity index (χ1) is 8.16. The first-order valence-electron chi connectivity index (χ1n) is 4.98. The van der Waals surface area contributed by atoms with E-state index in [9.17, 15) is 4.39 Å². The second kappa shape index (κ2) is 5.39. The van der Waals surface area contributed by atoms with Gasteiger partial charge in [-0.2, -0.15) is 0 Å². The number of halogens is 3. The van der Waals surface area contributed by atoms with Crippen LogP contribution in [0.3, 0.4) is 0 Å². The summed E-state index contributed by atoms with van der Waals surface area (Å²) in [5.41, 5.74) is 0.476. The van der Waals surface area contributed by atoms with Crippen LogP contribution < -0.4 is 4.74 Å². The molecule has 0 amide bonds. The molecule has 1 nitrogen and oxygen atoms in total. The average molecular weight is 271 g/mol. The van der Waals surface area contributed by atoms with Gasteiger partial charge in [0, 0.05) is 16.7 Å². The summed E-state index contributed by atoms with van der Waals surface area (Å²) in [6.07, 6.45) is 0. The number of rotatable bonds is 3. The van der Waals surface area contributed by atoms with Gasteiger partial charge in [0.05, 0.1) is 5.02 Å². The van der Waals surface area contributed by atoms with Crippen LogP contribution in [0.25, 0.3) is 0 Å². The van der Waals surface area contributed by atoms with Crippen LogP contribution in [0.4, 0.5) is 4.39 Å². The molecule has 0 aliphatic carbocycles. The van der Waals surface area contributed by atoms with Crippen LogP contribution in [-0.4, -0.2) is 0 Å². The Morgan fingerprint density at radius 1 is 1.06 bits per heavy atom. The summed E-state index contributed by atoms with van der Waals surface area (Å²) >= 11 is 11.7. The Morgan fingerprint density at radius 3 is 2.59 bits per heavy atom. The zero-order valence-electron chi connectivity index (χ0n) is 8.79. The molecule has 0 spiro atoms. The first kappa shape index (κ1) is 12.2. The van der Waals surface area contributed by atoms with Crippen molar-refractivity contribution in [2.45, 2.75) is 6.61 Å². The highest BCUT2D eigenvalue weighted by atomic mass is 35.5. The van der Waals surface area contributed by atoms with Crippen molar-refractivity contribution in [3.05, 3.63) is 63.9 Å². The van der Waals surface area contributed by atoms with Crippen molar-refractivity contribution in [1.82, 2.24) is 0 Å². The maximum atomic E-state index is 13.3. The van der Waals surface area contributed by atoms with Gasteiger partial charge in [0.15, 0.2) is 0 Å². The summed E-state index contributed by atoms with van der Waals surface area (Å²) in [5, 5.41) is 0.976. The van der Waals surface area contributed by atoms with Gasteiger partial charge >= 0.3 is 0 Å². The largest absolute Gasteiger partial charge is 0.487 e. The number of benzene rings is 2. The quantitative estimate of drug-likeness (QED) is 0.785. The SMILES string of the molecule is Fc1ccccc1COc1cc(Cl)ccc1Cl. The fourth-order valence-corrected chi connectivity index (χ4v) is 1.69. The van der Waals surface area contributed by atoms with Gasteiger partial charge in [0.25, 0.3) is 0 Å². The Bertz CT molecular complexity index is 529. The summed E-state index contributed by atoms with van der Waals surface area (Å²) in [6.45, 7) is 0.118. The Kier molecular flexibility index (Phi) is 3.87. The molecule has 0 aromatic heterocycles. The highest BCUT2D eigenvalue weighted by molar-refractivity contribution is 6.34. The van der Waals surface area contributed by atoms with Gasteiger partial charge < -0.3 is 4.74 Å². The molecule has 88 valence electrons. The minimum absolute atomic E-state index is 0.118. The fraction of sp³-hybridized carbons (Fsp3) is 0.0769. The molecular formula is C13H9Cl2FO. The maximum Gasteiger partial charge on any atom is 0.139 e. The molecule has 0 unspecified atom stereocenters. The highest BCUT2D eigenvalue weighted by Crippen LogP contribution is 2.28. The minimum atomic E-state index is -0.300. The van der Waals surface area contributed by atoms with Crippen molar-refractivity contribution in [2.24, 2.45) is 0 Å². The topological polar surface area (TPSA) is 9.23 Å². The van der Waals surface area contributed by atoms with Crippen LogP contribution >= 0.6 is 23.2 Å². The van der Waals surface area contributed by atoms with E-state index in [1.54, 1.807) is 36.4 Å². The normalized spacial score (nSPS) is 10.3. The fourth-order valence-electron chi connectivity index (χ4n) is 1.36. The summed E-state index contributed by atoms with van der Waals surface area (Å²) in [7, 11) is 0. The van der Waals surface area contributed by atoms with Crippen LogP contribution in [0.1, 0.15) is 5.56 Å². The summed E-state index contributed by atoms with van der Waals surface area (Å²) < 4.78 is 18.8. The van der Waals surface area contributed by atoms with E-state index in [0.29, 0.717) is 21.4 Å². The van der Waals surface area contributed by atoms with Crippen molar-refractivity contribution < 1.29 is 9.13 Å². The Hall–Kier alpha value is -1.25. The van der Waals surface area contributed by atoms with Gasteiger partial charge in [-0.25, -0.2) is 4.39 Å². The van der Waals surface area contributed by atoms with Crippen LogP contribution in [0.5, 0.6) is 5.75 Å². The lowest BCUT2D eigenvalue weighted by molar-refractivity contribution is 0.300. The van der Waals surface area contributed by atoms with Crippen LogP contribution in [0.15, 0.2) is 42.5 Å². The number of hydrogen-bond donors (Lipinski definition) is 0. The third-order valence-corrected chi connectivity index (χ3v) is 2.78. The van der Waals surface area contributed by atoms with E-state index in [0.717, 1.165) is 0 Å². The number of ether oxygens (including phenoxy) is 1. The van der Waals surface area contributed by atoms with E-state index in [-0.39, 0.29) is 12.4 Å². The minimum Gasteiger partial charge on any atom is -0.487 e. The van der Waals surface area contributed by atoms with Crippen LogP contribution in [-0.2, 0) is 6.61 Å². The van der Waals surface area contributed by atoms with E-state index in [1.807, 2.05) is 0 Å². The molecule has 0 saturated heterocycles. The summed E-state index contributed by atoms with van der Waals surface area (Å²) in [6, 6.07) is 11.3. The van der Waals surface area contributed by atoms with Crippen LogP contribution in [0.2, 0.25) is 10.0 Å². The Morgan fingerprint density at radius 2 is 1.82 bits per heavy atom. The third-order valence-electron chi connectivity index (χ3n) is 2.23. The summed E-state index contributed by atoms with van der Waals surface area (Å²) in [4.78, 5) is 0. The lowest BCUT2D eigenvalue weighted by atomic mass is 10.2. The molecule has 0 fully saturated rings. The zero-order valence-corrected chi connectivity index (χ0v) is 10.3. The highest BCUT2D eigenvalue weighted by Gasteiger charge is 2.05. The Labute approximate surface area is 109 Å². The van der Waals surface area contributed by atoms with Crippen LogP contribution in [0, 0.1) is 5.82 Å². The second-order valence-corrected chi connectivity index (χ2v) is 4.30. The van der Waals surface area contributed by atoms with E-state index in [4.69, 9.17) is 27.9 Å². The molecule has 0 N–H and O–H groups in total. The monoisotopic (exact) mass is 270 g/mol. The molecule has 2 aromatic carbocycles. The van der Waals surface area contributed by atoms with Gasteiger partial charge in [-0.05, 0) is 18.2 Å². The molecule has 0 radical (unpaired) electrons. The molecule has 17 heavy (non-hydrogen) atoms. The van der Waals surface area contributed by atoms with Gasteiger partial charge in [-0.1, -0.05) is 41.4 Å². The maximum absolute atomic E-state index is 13.3. The predicted molar refractivity (Wildman–Crippen MR) is 67.2 cm³/mol. The molecule has 0 atom stereocenters. The predicted octanol–water partition coefficient (Wildman–Crippen LogP) is 4.71. The Balaban J connectivity index is 2.12. The molecule has 0 saturated carbocycles. The third kappa shape index (κ3) is 3.11. The van der Waals surface area contributed by atoms with Gasteiger partial charge in [-0.3, -0.25) is 0 Å². The lowest BCUT2D eigenvalue weighted by Crippen LogP contribution is -1.98. The van der Waals surface area contributed by atoms with Gasteiger partial charge in [0.2, 0.25) is 0 Å². The van der Waals surface area contributed by atoms with Crippen molar-refractivity contribution in [2.75, 3.05) is 0 Å². The lowest BCUT2D eigenvalue weighted by Gasteiger charge is -2.08. The molecule has 2 aromatic rings. The molecule has 0 bridgehead atoms. The van der Waals surface area contributed by atoms with Crippen molar-refractivity contribution >= 4 is 23.2 Å². The van der Waals surface area contributed by atoms with E-state index >= 15 is 0 Å². The van der Waals surface area contributed by atoms with E-state index < -0.39 is 0 Å². The van der Waals surface area contributed by atoms with E-state index in [2.05, 4.69) is 0 Å². The summed E-state index contributed by atoms with van der Waals surface area (Å²) in [5.74, 6) is 0.146. The second-order valence-electron chi connectivity index (χ2n) is 3.45. The average Bonchev–Trinajstić information content (AvgIpc) is 2.32. The molecule has 0 aliphatic heterocycles. The molecule has 0 aliphatic rings. The molecular weight excluding hydrogens is 262 g/mol. The smallest absolute Gasteiger partial charge is 0.139 e. The van der Waals surface area contributed by atoms with Gasteiger partial charge in [-0.15, -0.1) is 0 Å². The van der Waals surface area contributed by atoms with E-state index in [1.165, 1.54) is 6.07 Å².